The van der Waals surface area contributed by atoms with Crippen LogP contribution in [0, 0.1) is 5.82 Å². The van der Waals surface area contributed by atoms with Gasteiger partial charge in [0.1, 0.15) is 5.82 Å². The number of benzene rings is 1. The van der Waals surface area contributed by atoms with Gasteiger partial charge in [-0.2, -0.15) is 0 Å². The lowest BCUT2D eigenvalue weighted by Gasteiger charge is -2.36. The number of aromatic nitrogens is 1. The van der Waals surface area contributed by atoms with E-state index in [-0.39, 0.29) is 11.7 Å². The number of amides is 1. The number of anilines is 1. The average molecular weight is 301 g/mol. The van der Waals surface area contributed by atoms with Crippen LogP contribution in [0.15, 0.2) is 42.6 Å². The molecule has 1 saturated heterocycles. The van der Waals surface area contributed by atoms with Gasteiger partial charge in [0, 0.05) is 44.5 Å². The van der Waals surface area contributed by atoms with E-state index in [0.29, 0.717) is 38.3 Å². The Morgan fingerprint density at radius 2 is 1.86 bits per heavy atom. The third-order valence-electron chi connectivity index (χ3n) is 4.10. The topological polar surface area (TPSA) is 39.3 Å². The van der Waals surface area contributed by atoms with Gasteiger partial charge in [-0.1, -0.05) is 12.1 Å². The van der Waals surface area contributed by atoms with Gasteiger partial charge >= 0.3 is 0 Å². The Morgan fingerprint density at radius 1 is 1.09 bits per heavy atom. The third-order valence-corrected chi connectivity index (χ3v) is 4.10. The highest BCUT2D eigenvalue weighted by Crippen LogP contribution is 2.20. The van der Waals surface area contributed by atoms with Crippen molar-refractivity contribution >= 4 is 11.6 Å². The first-order valence-corrected chi connectivity index (χ1v) is 7.63. The second-order valence-electron chi connectivity index (χ2n) is 5.51. The predicted octanol–water partition coefficient (Wildman–Crippen LogP) is 2.44. The van der Waals surface area contributed by atoms with Crippen molar-refractivity contribution in [3.05, 3.63) is 54.1 Å². The highest BCUT2D eigenvalue weighted by Gasteiger charge is 2.22. The van der Waals surface area contributed by atoms with Crippen LogP contribution in [0.2, 0.25) is 0 Å². The summed E-state index contributed by atoms with van der Waals surface area (Å²) in [6, 6.07) is 10.7. The Kier molecular flexibility index (Phi) is 4.42. The zero-order valence-corrected chi connectivity index (χ0v) is 12.5. The van der Waals surface area contributed by atoms with E-state index in [4.69, 9.17) is 0 Å². The molecule has 1 amide bonds. The lowest BCUT2D eigenvalue weighted by atomic mass is 10.2. The van der Waals surface area contributed by atoms with Crippen molar-refractivity contribution in [1.29, 1.82) is 0 Å². The molecule has 1 aromatic heterocycles. The largest absolute Gasteiger partial charge is 0.366 e. The van der Waals surface area contributed by atoms with E-state index in [0.717, 1.165) is 12.1 Å². The molecule has 1 aromatic carbocycles. The maximum atomic E-state index is 13.8. The third kappa shape index (κ3) is 3.30. The Bertz CT molecular complexity index is 619. The standard InChI is InChI=1S/C17H20FN3O/c18-15-5-1-2-6-16(15)20-10-12-21(13-11-20)17(22)8-7-14-4-3-9-19-14/h1-6,9,19H,7-8,10-13H2. The number of hydrogen-bond donors (Lipinski definition) is 1. The first-order valence-electron chi connectivity index (χ1n) is 7.63. The quantitative estimate of drug-likeness (QED) is 0.942. The van der Waals surface area contributed by atoms with Crippen molar-refractivity contribution < 1.29 is 9.18 Å². The number of aromatic amines is 1. The Balaban J connectivity index is 1.51. The molecule has 0 aliphatic carbocycles. The summed E-state index contributed by atoms with van der Waals surface area (Å²) in [5.74, 6) is -0.0307. The van der Waals surface area contributed by atoms with Crippen LogP contribution in [0.3, 0.4) is 0 Å². The molecule has 2 aromatic rings. The monoisotopic (exact) mass is 301 g/mol. The second-order valence-corrected chi connectivity index (χ2v) is 5.51. The van der Waals surface area contributed by atoms with Crippen LogP contribution in [0.4, 0.5) is 10.1 Å². The molecule has 0 unspecified atom stereocenters. The van der Waals surface area contributed by atoms with E-state index < -0.39 is 0 Å². The Hall–Kier alpha value is -2.30. The summed E-state index contributed by atoms with van der Waals surface area (Å²) in [6.45, 7) is 2.65. The maximum absolute atomic E-state index is 13.8. The zero-order chi connectivity index (χ0) is 15.4. The number of piperazine rings is 1. The van der Waals surface area contributed by atoms with Gasteiger partial charge in [0.2, 0.25) is 5.91 Å². The highest BCUT2D eigenvalue weighted by atomic mass is 19.1. The number of para-hydroxylation sites is 1. The Labute approximate surface area is 129 Å². The number of halogens is 1. The number of nitrogens with zero attached hydrogens (tertiary/aromatic N) is 2. The molecule has 1 N–H and O–H groups in total. The number of aryl methyl sites for hydroxylation is 1. The van der Waals surface area contributed by atoms with Crippen molar-refractivity contribution in [3.8, 4) is 0 Å². The lowest BCUT2D eigenvalue weighted by molar-refractivity contribution is -0.131. The molecule has 1 fully saturated rings. The fourth-order valence-electron chi connectivity index (χ4n) is 2.83. The number of carbonyl (C=O) groups is 1. The van der Waals surface area contributed by atoms with E-state index in [1.807, 2.05) is 34.2 Å². The molecule has 1 aliphatic heterocycles. The van der Waals surface area contributed by atoms with E-state index in [2.05, 4.69) is 4.98 Å². The van der Waals surface area contributed by atoms with Gasteiger partial charge in [0.05, 0.1) is 5.69 Å². The first kappa shape index (κ1) is 14.6. The van der Waals surface area contributed by atoms with Crippen molar-refractivity contribution in [2.24, 2.45) is 0 Å². The van der Waals surface area contributed by atoms with Gasteiger partial charge < -0.3 is 14.8 Å². The number of H-pyrrole nitrogens is 1. The first-order chi connectivity index (χ1) is 10.7. The Morgan fingerprint density at radius 3 is 2.55 bits per heavy atom. The molecule has 0 bridgehead atoms. The molecule has 2 heterocycles. The summed E-state index contributed by atoms with van der Waals surface area (Å²) in [4.78, 5) is 19.2. The molecule has 4 nitrogen and oxygen atoms in total. The zero-order valence-electron chi connectivity index (χ0n) is 12.5. The summed E-state index contributed by atoms with van der Waals surface area (Å²) in [5, 5.41) is 0. The minimum absolute atomic E-state index is 0.169. The molecular weight excluding hydrogens is 281 g/mol. The highest BCUT2D eigenvalue weighted by molar-refractivity contribution is 5.76. The molecule has 3 rings (SSSR count). The normalized spacial score (nSPS) is 15.1. The summed E-state index contributed by atoms with van der Waals surface area (Å²) in [5.41, 5.74) is 1.71. The summed E-state index contributed by atoms with van der Waals surface area (Å²) < 4.78 is 13.8. The average Bonchev–Trinajstić information content (AvgIpc) is 3.07. The van der Waals surface area contributed by atoms with Gasteiger partial charge in [0.15, 0.2) is 0 Å². The summed E-state index contributed by atoms with van der Waals surface area (Å²) in [7, 11) is 0. The van der Waals surface area contributed by atoms with Crippen LogP contribution in [0.25, 0.3) is 0 Å². The van der Waals surface area contributed by atoms with Crippen LogP contribution in [-0.4, -0.2) is 42.0 Å². The van der Waals surface area contributed by atoms with Crippen LogP contribution >= 0.6 is 0 Å². The number of carbonyl (C=O) groups excluding carboxylic acids is 1. The molecule has 0 atom stereocenters. The number of hydrogen-bond acceptors (Lipinski definition) is 2. The molecule has 116 valence electrons. The fourth-order valence-corrected chi connectivity index (χ4v) is 2.83. The van der Waals surface area contributed by atoms with Gasteiger partial charge in [-0.3, -0.25) is 4.79 Å². The van der Waals surface area contributed by atoms with Crippen LogP contribution in [0.1, 0.15) is 12.1 Å². The number of nitrogens with one attached hydrogen (secondary N) is 1. The van der Waals surface area contributed by atoms with E-state index in [1.54, 1.807) is 12.1 Å². The second kappa shape index (κ2) is 6.64. The molecule has 0 radical (unpaired) electrons. The van der Waals surface area contributed by atoms with Crippen molar-refractivity contribution in [1.82, 2.24) is 9.88 Å². The maximum Gasteiger partial charge on any atom is 0.223 e. The van der Waals surface area contributed by atoms with Crippen molar-refractivity contribution in [2.45, 2.75) is 12.8 Å². The van der Waals surface area contributed by atoms with Crippen LogP contribution in [-0.2, 0) is 11.2 Å². The minimum Gasteiger partial charge on any atom is -0.366 e. The van der Waals surface area contributed by atoms with E-state index in [1.165, 1.54) is 6.07 Å². The minimum atomic E-state index is -0.200. The molecular formula is C17H20FN3O. The van der Waals surface area contributed by atoms with Gasteiger partial charge in [-0.15, -0.1) is 0 Å². The molecule has 22 heavy (non-hydrogen) atoms. The van der Waals surface area contributed by atoms with Crippen molar-refractivity contribution in [2.75, 3.05) is 31.1 Å². The molecule has 1 aliphatic rings. The smallest absolute Gasteiger partial charge is 0.223 e. The van der Waals surface area contributed by atoms with Gasteiger partial charge in [0.25, 0.3) is 0 Å². The SMILES string of the molecule is O=C(CCc1ccc[nH]1)N1CCN(c2ccccc2F)CC1. The predicted molar refractivity (Wildman–Crippen MR) is 84.3 cm³/mol. The van der Waals surface area contributed by atoms with Crippen LogP contribution in [0.5, 0.6) is 0 Å². The van der Waals surface area contributed by atoms with Crippen molar-refractivity contribution in [3.63, 3.8) is 0 Å². The summed E-state index contributed by atoms with van der Waals surface area (Å²) in [6.07, 6.45) is 3.12. The molecule has 0 spiro atoms. The van der Waals surface area contributed by atoms with E-state index >= 15 is 0 Å². The van der Waals surface area contributed by atoms with Crippen LogP contribution < -0.4 is 4.90 Å². The number of rotatable bonds is 4. The molecule has 5 heteroatoms. The summed E-state index contributed by atoms with van der Waals surface area (Å²) >= 11 is 0. The fraction of sp³-hybridized carbons (Fsp3) is 0.353. The lowest BCUT2D eigenvalue weighted by Crippen LogP contribution is -2.49. The van der Waals surface area contributed by atoms with E-state index in [9.17, 15) is 9.18 Å². The van der Waals surface area contributed by atoms with Gasteiger partial charge in [-0.05, 0) is 30.7 Å². The van der Waals surface area contributed by atoms with Gasteiger partial charge in [-0.25, -0.2) is 4.39 Å². The molecule has 0 saturated carbocycles.